The Labute approximate surface area is 133 Å². The average Bonchev–Trinajstić information content (AvgIpc) is 2.90. The number of nitrogens with one attached hydrogen (secondary N) is 2. The van der Waals surface area contributed by atoms with E-state index >= 15 is 0 Å². The standard InChI is InChI=1S/C17H16ClN3O/c18-12-5-6-16-14(9-12)11(10-21-16)7-8-20-17(22)13-3-1-2-4-15(13)19/h1-6,9-10,21H,7-8,19H2,(H,20,22). The number of aromatic nitrogens is 1. The SMILES string of the molecule is Nc1ccccc1C(=O)NCCc1c[nH]c2ccc(Cl)cc12. The minimum atomic E-state index is -0.157. The summed E-state index contributed by atoms with van der Waals surface area (Å²) < 4.78 is 0. The Balaban J connectivity index is 1.66. The first-order valence-electron chi connectivity index (χ1n) is 7.03. The molecule has 22 heavy (non-hydrogen) atoms. The van der Waals surface area contributed by atoms with Gasteiger partial charge in [0.15, 0.2) is 0 Å². The number of para-hydroxylation sites is 1. The normalized spacial score (nSPS) is 10.8. The largest absolute Gasteiger partial charge is 0.398 e. The van der Waals surface area contributed by atoms with Gasteiger partial charge in [-0.2, -0.15) is 0 Å². The number of hydrogen-bond acceptors (Lipinski definition) is 2. The number of carbonyl (C=O) groups excluding carboxylic acids is 1. The van der Waals surface area contributed by atoms with Crippen LogP contribution < -0.4 is 11.1 Å². The van der Waals surface area contributed by atoms with Crippen molar-refractivity contribution in [1.29, 1.82) is 0 Å². The van der Waals surface area contributed by atoms with Crippen LogP contribution >= 0.6 is 11.6 Å². The molecule has 0 saturated heterocycles. The summed E-state index contributed by atoms with van der Waals surface area (Å²) in [6.45, 7) is 0.534. The number of halogens is 1. The summed E-state index contributed by atoms with van der Waals surface area (Å²) in [5.74, 6) is -0.157. The maximum absolute atomic E-state index is 12.1. The van der Waals surface area contributed by atoms with E-state index in [0.29, 0.717) is 22.8 Å². The summed E-state index contributed by atoms with van der Waals surface area (Å²) in [7, 11) is 0. The van der Waals surface area contributed by atoms with Gasteiger partial charge in [0, 0.05) is 34.4 Å². The fraction of sp³-hybridized carbons (Fsp3) is 0.118. The Morgan fingerprint density at radius 3 is 2.86 bits per heavy atom. The van der Waals surface area contributed by atoms with Gasteiger partial charge < -0.3 is 16.0 Å². The molecular formula is C17H16ClN3O. The fourth-order valence-electron chi connectivity index (χ4n) is 2.47. The topological polar surface area (TPSA) is 70.9 Å². The van der Waals surface area contributed by atoms with Gasteiger partial charge >= 0.3 is 0 Å². The predicted molar refractivity (Wildman–Crippen MR) is 90.2 cm³/mol. The van der Waals surface area contributed by atoms with E-state index in [-0.39, 0.29) is 5.91 Å². The van der Waals surface area contributed by atoms with Crippen LogP contribution in [0.1, 0.15) is 15.9 Å². The molecule has 1 amide bonds. The van der Waals surface area contributed by atoms with E-state index in [9.17, 15) is 4.79 Å². The second-order valence-corrected chi connectivity index (χ2v) is 5.53. The monoisotopic (exact) mass is 313 g/mol. The van der Waals surface area contributed by atoms with E-state index in [2.05, 4.69) is 10.3 Å². The lowest BCUT2D eigenvalue weighted by atomic mass is 10.1. The molecule has 0 aliphatic heterocycles. The van der Waals surface area contributed by atoms with Gasteiger partial charge in [-0.3, -0.25) is 4.79 Å². The Hall–Kier alpha value is -2.46. The van der Waals surface area contributed by atoms with E-state index in [4.69, 9.17) is 17.3 Å². The van der Waals surface area contributed by atoms with Gasteiger partial charge in [-0.1, -0.05) is 23.7 Å². The van der Waals surface area contributed by atoms with Gasteiger partial charge in [0.1, 0.15) is 0 Å². The summed E-state index contributed by atoms with van der Waals surface area (Å²) >= 11 is 6.03. The molecule has 5 heteroatoms. The van der Waals surface area contributed by atoms with Crippen LogP contribution in [0.4, 0.5) is 5.69 Å². The number of aromatic amines is 1. The van der Waals surface area contributed by atoms with Crippen LogP contribution in [-0.4, -0.2) is 17.4 Å². The van der Waals surface area contributed by atoms with Crippen LogP contribution in [0.2, 0.25) is 5.02 Å². The second-order valence-electron chi connectivity index (χ2n) is 5.10. The zero-order chi connectivity index (χ0) is 15.5. The number of hydrogen-bond donors (Lipinski definition) is 3. The van der Waals surface area contributed by atoms with Crippen molar-refractivity contribution in [3.8, 4) is 0 Å². The molecule has 0 unspecified atom stereocenters. The van der Waals surface area contributed by atoms with Crippen LogP contribution in [-0.2, 0) is 6.42 Å². The molecule has 2 aromatic carbocycles. The third kappa shape index (κ3) is 2.92. The lowest BCUT2D eigenvalue weighted by Crippen LogP contribution is -2.26. The molecular weight excluding hydrogens is 298 g/mol. The molecule has 0 aliphatic rings. The summed E-state index contributed by atoms with van der Waals surface area (Å²) in [6, 6.07) is 12.8. The van der Waals surface area contributed by atoms with Crippen molar-refractivity contribution in [2.24, 2.45) is 0 Å². The first kappa shape index (κ1) is 14.5. The van der Waals surface area contributed by atoms with Crippen molar-refractivity contribution in [3.05, 3.63) is 64.8 Å². The van der Waals surface area contributed by atoms with E-state index in [1.54, 1.807) is 18.2 Å². The average molecular weight is 314 g/mol. The number of nitrogen functional groups attached to an aromatic ring is 1. The highest BCUT2D eigenvalue weighted by atomic mass is 35.5. The van der Waals surface area contributed by atoms with Crippen molar-refractivity contribution in [2.75, 3.05) is 12.3 Å². The van der Waals surface area contributed by atoms with Crippen molar-refractivity contribution >= 4 is 34.1 Å². The Morgan fingerprint density at radius 2 is 2.05 bits per heavy atom. The molecule has 0 bridgehead atoms. The Morgan fingerprint density at radius 1 is 1.23 bits per heavy atom. The van der Waals surface area contributed by atoms with Crippen LogP contribution in [0.25, 0.3) is 10.9 Å². The van der Waals surface area contributed by atoms with Gasteiger partial charge in [0.05, 0.1) is 5.56 Å². The third-order valence-electron chi connectivity index (χ3n) is 3.61. The highest BCUT2D eigenvalue weighted by Crippen LogP contribution is 2.22. The first-order valence-corrected chi connectivity index (χ1v) is 7.41. The molecule has 4 nitrogen and oxygen atoms in total. The lowest BCUT2D eigenvalue weighted by Gasteiger charge is -2.07. The number of benzene rings is 2. The lowest BCUT2D eigenvalue weighted by molar-refractivity contribution is 0.0955. The highest BCUT2D eigenvalue weighted by Gasteiger charge is 2.09. The van der Waals surface area contributed by atoms with Gasteiger partial charge in [0.2, 0.25) is 0 Å². The smallest absolute Gasteiger partial charge is 0.253 e. The molecule has 0 radical (unpaired) electrons. The van der Waals surface area contributed by atoms with Crippen molar-refractivity contribution in [2.45, 2.75) is 6.42 Å². The predicted octanol–water partition coefficient (Wildman–Crippen LogP) is 3.38. The zero-order valence-electron chi connectivity index (χ0n) is 11.9. The maximum Gasteiger partial charge on any atom is 0.253 e. The molecule has 1 aromatic heterocycles. The summed E-state index contributed by atoms with van der Waals surface area (Å²) in [6.07, 6.45) is 2.67. The Bertz CT molecular complexity index is 826. The molecule has 3 rings (SSSR count). The molecule has 0 spiro atoms. The van der Waals surface area contributed by atoms with Gasteiger partial charge in [-0.25, -0.2) is 0 Å². The first-order chi connectivity index (χ1) is 10.6. The van der Waals surface area contributed by atoms with Crippen molar-refractivity contribution in [3.63, 3.8) is 0 Å². The van der Waals surface area contributed by atoms with Gasteiger partial charge in [0.25, 0.3) is 5.91 Å². The zero-order valence-corrected chi connectivity index (χ0v) is 12.7. The van der Waals surface area contributed by atoms with Crippen LogP contribution in [0.15, 0.2) is 48.7 Å². The molecule has 3 aromatic rings. The third-order valence-corrected chi connectivity index (χ3v) is 3.85. The molecule has 0 aliphatic carbocycles. The van der Waals surface area contributed by atoms with Gasteiger partial charge in [-0.15, -0.1) is 0 Å². The maximum atomic E-state index is 12.1. The minimum Gasteiger partial charge on any atom is -0.398 e. The number of amides is 1. The quantitative estimate of drug-likeness (QED) is 0.646. The second kappa shape index (κ2) is 6.12. The fourth-order valence-corrected chi connectivity index (χ4v) is 2.64. The van der Waals surface area contributed by atoms with Crippen LogP contribution in [0, 0.1) is 0 Å². The molecule has 0 atom stereocenters. The number of fused-ring (bicyclic) bond motifs is 1. The van der Waals surface area contributed by atoms with Gasteiger partial charge in [-0.05, 0) is 42.3 Å². The number of rotatable bonds is 4. The Kier molecular flexibility index (Phi) is 4.02. The molecule has 4 N–H and O–H groups in total. The van der Waals surface area contributed by atoms with Crippen molar-refractivity contribution in [1.82, 2.24) is 10.3 Å². The molecule has 112 valence electrons. The van der Waals surface area contributed by atoms with E-state index in [1.807, 2.05) is 30.5 Å². The van der Waals surface area contributed by atoms with E-state index < -0.39 is 0 Å². The highest BCUT2D eigenvalue weighted by molar-refractivity contribution is 6.31. The van der Waals surface area contributed by atoms with Crippen LogP contribution in [0.5, 0.6) is 0 Å². The molecule has 0 fully saturated rings. The van der Waals surface area contributed by atoms with Crippen molar-refractivity contribution < 1.29 is 4.79 Å². The number of H-pyrrole nitrogens is 1. The molecule has 0 saturated carbocycles. The number of anilines is 1. The summed E-state index contributed by atoms with van der Waals surface area (Å²) in [5, 5.41) is 4.68. The summed E-state index contributed by atoms with van der Waals surface area (Å²) in [4.78, 5) is 15.3. The number of nitrogens with two attached hydrogens (primary N) is 1. The number of carbonyl (C=O) groups is 1. The summed E-state index contributed by atoms with van der Waals surface area (Å²) in [5.41, 5.74) is 8.95. The minimum absolute atomic E-state index is 0.157. The van der Waals surface area contributed by atoms with Crippen LogP contribution in [0.3, 0.4) is 0 Å². The molecule has 1 heterocycles. The van der Waals surface area contributed by atoms with E-state index in [0.717, 1.165) is 22.9 Å². The van der Waals surface area contributed by atoms with E-state index in [1.165, 1.54) is 0 Å².